The number of likely N-dealkylation sites (tertiary alicyclic amines) is 1. The highest BCUT2D eigenvalue weighted by Gasteiger charge is 2.34. The molecule has 0 radical (unpaired) electrons. The molecule has 8 heteroatoms. The fraction of sp³-hybridized carbons (Fsp3) is 0.273. The van der Waals surface area contributed by atoms with Crippen LogP contribution in [0.25, 0.3) is 0 Å². The molecule has 0 aromatic heterocycles. The first-order valence-corrected chi connectivity index (χ1v) is 11.0. The first-order chi connectivity index (χ1) is 14.5. The van der Waals surface area contributed by atoms with Gasteiger partial charge in [0.15, 0.2) is 11.0 Å². The van der Waals surface area contributed by atoms with Gasteiger partial charge in [0.1, 0.15) is 5.25 Å². The van der Waals surface area contributed by atoms with Gasteiger partial charge in [0, 0.05) is 35.7 Å². The van der Waals surface area contributed by atoms with E-state index in [4.69, 9.17) is 11.6 Å². The van der Waals surface area contributed by atoms with Crippen LogP contribution in [0.1, 0.15) is 35.2 Å². The summed E-state index contributed by atoms with van der Waals surface area (Å²) < 4.78 is 0. The third-order valence-corrected chi connectivity index (χ3v) is 6.46. The van der Waals surface area contributed by atoms with Crippen LogP contribution in [-0.2, 0) is 9.59 Å². The van der Waals surface area contributed by atoms with E-state index in [2.05, 4.69) is 15.2 Å². The third-order valence-electron chi connectivity index (χ3n) is 5.01. The normalized spacial score (nSPS) is 18.4. The van der Waals surface area contributed by atoms with E-state index >= 15 is 0 Å². The highest BCUT2D eigenvalue weighted by atomic mass is 35.5. The largest absolute Gasteiger partial charge is 0.351 e. The number of anilines is 1. The summed E-state index contributed by atoms with van der Waals surface area (Å²) in [6.07, 6.45) is 2.17. The predicted octanol–water partition coefficient (Wildman–Crippen LogP) is 3.99. The third kappa shape index (κ3) is 4.57. The molecule has 2 heterocycles. The van der Waals surface area contributed by atoms with Crippen molar-refractivity contribution in [1.29, 1.82) is 0 Å². The smallest absolute Gasteiger partial charge is 0.262 e. The molecule has 0 bridgehead atoms. The van der Waals surface area contributed by atoms with Crippen molar-refractivity contribution in [2.45, 2.75) is 24.5 Å². The van der Waals surface area contributed by atoms with Gasteiger partial charge in [-0.15, -0.1) is 0 Å². The highest BCUT2D eigenvalue weighted by molar-refractivity contribution is 8.15. The zero-order chi connectivity index (χ0) is 21.1. The van der Waals surface area contributed by atoms with Crippen LogP contribution in [0.5, 0.6) is 0 Å². The molecule has 0 aliphatic carbocycles. The fourth-order valence-corrected chi connectivity index (χ4v) is 4.77. The molecule has 2 aliphatic heterocycles. The second-order valence-corrected chi connectivity index (χ2v) is 8.78. The summed E-state index contributed by atoms with van der Waals surface area (Å²) >= 11 is 7.43. The number of halogens is 1. The highest BCUT2D eigenvalue weighted by Crippen LogP contribution is 2.30. The Hall–Kier alpha value is -2.64. The van der Waals surface area contributed by atoms with Crippen LogP contribution in [0.3, 0.4) is 0 Å². The lowest BCUT2D eigenvalue weighted by atomic mass is 10.0. The van der Waals surface area contributed by atoms with Gasteiger partial charge in [-0.1, -0.05) is 53.7 Å². The number of hydrogen-bond acceptors (Lipinski definition) is 5. The van der Waals surface area contributed by atoms with Crippen molar-refractivity contribution in [3.05, 3.63) is 64.7 Å². The summed E-state index contributed by atoms with van der Waals surface area (Å²) in [7, 11) is 0. The maximum absolute atomic E-state index is 12.9. The molecule has 2 aromatic rings. The Morgan fingerprint density at radius 1 is 1.13 bits per heavy atom. The molecule has 1 atom stereocenters. The van der Waals surface area contributed by atoms with Crippen LogP contribution in [0.2, 0.25) is 5.02 Å². The van der Waals surface area contributed by atoms with Crippen molar-refractivity contribution < 1.29 is 14.4 Å². The zero-order valence-electron chi connectivity index (χ0n) is 16.1. The SMILES string of the molecule is O=C(C[C@@H]1SC(N2CCCC2)=NC1=O)Nc1ccc(Cl)cc1C(=O)c1ccccc1. The molecular formula is C22H20ClN3O3S. The van der Waals surface area contributed by atoms with E-state index in [1.807, 2.05) is 6.07 Å². The number of carbonyl (C=O) groups is 3. The molecule has 2 aromatic carbocycles. The maximum atomic E-state index is 12.9. The van der Waals surface area contributed by atoms with Crippen LogP contribution in [-0.4, -0.2) is 46.0 Å². The van der Waals surface area contributed by atoms with E-state index in [9.17, 15) is 14.4 Å². The van der Waals surface area contributed by atoms with E-state index in [0.717, 1.165) is 25.9 Å². The van der Waals surface area contributed by atoms with Gasteiger partial charge in [-0.2, -0.15) is 4.99 Å². The summed E-state index contributed by atoms with van der Waals surface area (Å²) in [5.41, 5.74) is 1.18. The lowest BCUT2D eigenvalue weighted by Gasteiger charge is -2.16. The minimum absolute atomic E-state index is 0.00800. The number of amidine groups is 1. The number of nitrogens with zero attached hydrogens (tertiary/aromatic N) is 2. The van der Waals surface area contributed by atoms with Gasteiger partial charge in [0.25, 0.3) is 5.91 Å². The molecule has 4 rings (SSSR count). The number of thioether (sulfide) groups is 1. The lowest BCUT2D eigenvalue weighted by Crippen LogP contribution is -2.25. The number of ketones is 1. The van der Waals surface area contributed by atoms with Gasteiger partial charge in [0.2, 0.25) is 5.91 Å². The van der Waals surface area contributed by atoms with Crippen molar-refractivity contribution in [3.8, 4) is 0 Å². The summed E-state index contributed by atoms with van der Waals surface area (Å²) in [5, 5.41) is 3.34. The Morgan fingerprint density at radius 3 is 2.60 bits per heavy atom. The van der Waals surface area contributed by atoms with Crippen molar-refractivity contribution in [1.82, 2.24) is 4.90 Å². The molecule has 6 nitrogen and oxygen atoms in total. The van der Waals surface area contributed by atoms with E-state index in [0.29, 0.717) is 27.0 Å². The number of nitrogens with one attached hydrogen (secondary N) is 1. The lowest BCUT2D eigenvalue weighted by molar-refractivity contribution is -0.121. The van der Waals surface area contributed by atoms with Gasteiger partial charge >= 0.3 is 0 Å². The molecule has 0 saturated carbocycles. The minimum atomic E-state index is -0.541. The first kappa shape index (κ1) is 20.6. The summed E-state index contributed by atoms with van der Waals surface area (Å²) in [6.45, 7) is 1.79. The van der Waals surface area contributed by atoms with Crippen LogP contribution in [0.15, 0.2) is 53.5 Å². The number of rotatable bonds is 5. The molecule has 2 aliphatic rings. The molecule has 30 heavy (non-hydrogen) atoms. The number of benzene rings is 2. The van der Waals surface area contributed by atoms with Gasteiger partial charge in [-0.25, -0.2) is 0 Å². The Balaban J connectivity index is 1.45. The van der Waals surface area contributed by atoms with Crippen LogP contribution < -0.4 is 5.32 Å². The van der Waals surface area contributed by atoms with E-state index in [1.165, 1.54) is 17.8 Å². The van der Waals surface area contributed by atoms with E-state index in [1.54, 1.807) is 36.4 Å². The Morgan fingerprint density at radius 2 is 1.87 bits per heavy atom. The Bertz CT molecular complexity index is 1020. The number of carbonyl (C=O) groups excluding carboxylic acids is 3. The van der Waals surface area contributed by atoms with Crippen molar-refractivity contribution in [3.63, 3.8) is 0 Å². The average Bonchev–Trinajstić information content (AvgIpc) is 3.40. The average molecular weight is 442 g/mol. The standard InChI is InChI=1S/C22H20ClN3O3S/c23-15-8-9-17(16(12-15)20(28)14-6-2-1-3-7-14)24-19(27)13-18-21(29)25-22(30-18)26-10-4-5-11-26/h1-3,6-9,12,18H,4-5,10-11,13H2,(H,24,27)/t18-/m0/s1. The Kier molecular flexibility index (Phi) is 6.20. The van der Waals surface area contributed by atoms with Crippen molar-refractivity contribution in [2.24, 2.45) is 4.99 Å². The molecule has 1 fully saturated rings. The van der Waals surface area contributed by atoms with E-state index in [-0.39, 0.29) is 24.0 Å². The molecule has 0 spiro atoms. The Labute approximate surface area is 183 Å². The summed E-state index contributed by atoms with van der Waals surface area (Å²) in [5.74, 6) is -0.865. The van der Waals surface area contributed by atoms with E-state index < -0.39 is 5.25 Å². The molecule has 2 amide bonds. The van der Waals surface area contributed by atoms with Gasteiger partial charge in [-0.05, 0) is 31.0 Å². The number of amides is 2. The maximum Gasteiger partial charge on any atom is 0.262 e. The predicted molar refractivity (Wildman–Crippen MR) is 119 cm³/mol. The van der Waals surface area contributed by atoms with Crippen LogP contribution >= 0.6 is 23.4 Å². The molecular weight excluding hydrogens is 422 g/mol. The zero-order valence-corrected chi connectivity index (χ0v) is 17.7. The molecule has 1 N–H and O–H groups in total. The van der Waals surface area contributed by atoms with Gasteiger partial charge < -0.3 is 10.2 Å². The minimum Gasteiger partial charge on any atom is -0.351 e. The first-order valence-electron chi connectivity index (χ1n) is 9.74. The second kappa shape index (κ2) is 9.02. The molecule has 154 valence electrons. The van der Waals surface area contributed by atoms with Crippen LogP contribution in [0, 0.1) is 0 Å². The van der Waals surface area contributed by atoms with Crippen molar-refractivity contribution in [2.75, 3.05) is 18.4 Å². The van der Waals surface area contributed by atoms with Gasteiger partial charge in [0.05, 0.1) is 5.69 Å². The topological polar surface area (TPSA) is 78.8 Å². The van der Waals surface area contributed by atoms with Gasteiger partial charge in [-0.3, -0.25) is 14.4 Å². The fourth-order valence-electron chi connectivity index (χ4n) is 3.48. The monoisotopic (exact) mass is 441 g/mol. The van der Waals surface area contributed by atoms with Crippen LogP contribution in [0.4, 0.5) is 5.69 Å². The summed E-state index contributed by atoms with van der Waals surface area (Å²) in [4.78, 5) is 44.0. The van der Waals surface area contributed by atoms with Crippen molar-refractivity contribution >= 4 is 51.8 Å². The number of aliphatic imine (C=N–C) groups is 1. The summed E-state index contributed by atoms with van der Waals surface area (Å²) in [6, 6.07) is 13.5. The second-order valence-electron chi connectivity index (χ2n) is 7.17. The number of hydrogen-bond donors (Lipinski definition) is 1. The molecule has 0 unspecified atom stereocenters. The quantitative estimate of drug-likeness (QED) is 0.709. The molecule has 1 saturated heterocycles.